The van der Waals surface area contributed by atoms with Gasteiger partial charge in [0.2, 0.25) is 0 Å². The number of hydrogen-bond donors (Lipinski definition) is 1. The normalized spacial score (nSPS) is 11.4. The summed E-state index contributed by atoms with van der Waals surface area (Å²) in [4.78, 5) is 15.7. The number of benzene rings is 3. The van der Waals surface area contributed by atoms with E-state index in [1.54, 1.807) is 6.07 Å². The zero-order valence-electron chi connectivity index (χ0n) is 20.2. The highest BCUT2D eigenvalue weighted by Crippen LogP contribution is 2.34. The number of amides is 1. The maximum atomic E-state index is 12.9. The number of fused-ring (bicyclic) bond motifs is 1. The van der Waals surface area contributed by atoms with Crippen LogP contribution in [0.1, 0.15) is 42.5 Å². The first-order chi connectivity index (χ1) is 16.2. The fourth-order valence-electron chi connectivity index (χ4n) is 3.47. The number of furan rings is 1. The molecule has 0 aliphatic rings. The number of anilines is 1. The van der Waals surface area contributed by atoms with Crippen molar-refractivity contribution < 1.29 is 13.9 Å². The van der Waals surface area contributed by atoms with E-state index in [2.05, 4.69) is 37.6 Å². The van der Waals surface area contributed by atoms with Gasteiger partial charge >= 0.3 is 0 Å². The molecule has 5 nitrogen and oxygen atoms in total. The van der Waals surface area contributed by atoms with Crippen molar-refractivity contribution in [2.75, 3.05) is 19.0 Å². The van der Waals surface area contributed by atoms with Crippen molar-refractivity contribution in [1.82, 2.24) is 4.72 Å². The van der Waals surface area contributed by atoms with Gasteiger partial charge in [-0.3, -0.25) is 9.52 Å². The van der Waals surface area contributed by atoms with Crippen LogP contribution in [-0.2, 0) is 12.0 Å². The van der Waals surface area contributed by atoms with E-state index >= 15 is 0 Å². The van der Waals surface area contributed by atoms with E-state index in [4.69, 9.17) is 9.15 Å². The zero-order valence-corrected chi connectivity index (χ0v) is 21.0. The average molecular weight is 475 g/mol. The quantitative estimate of drug-likeness (QED) is 0.298. The summed E-state index contributed by atoms with van der Waals surface area (Å²) in [5, 5.41) is 0.891. The molecular weight excluding hydrogens is 444 g/mol. The highest BCUT2D eigenvalue weighted by atomic mass is 32.2. The highest BCUT2D eigenvalue weighted by Gasteiger charge is 2.19. The van der Waals surface area contributed by atoms with Gasteiger partial charge in [0, 0.05) is 31.2 Å². The molecule has 4 rings (SSSR count). The maximum Gasteiger partial charge on any atom is 0.297 e. The van der Waals surface area contributed by atoms with Crippen molar-refractivity contribution in [3.8, 4) is 5.75 Å². The van der Waals surface area contributed by atoms with Gasteiger partial charge in [-0.2, -0.15) is 0 Å². The Morgan fingerprint density at radius 2 is 1.76 bits per heavy atom. The summed E-state index contributed by atoms with van der Waals surface area (Å²) < 4.78 is 14.9. The molecule has 0 bridgehead atoms. The molecule has 1 amide bonds. The van der Waals surface area contributed by atoms with E-state index in [0.717, 1.165) is 32.8 Å². The van der Waals surface area contributed by atoms with E-state index in [-0.39, 0.29) is 17.1 Å². The molecule has 176 valence electrons. The van der Waals surface area contributed by atoms with Gasteiger partial charge in [-0.25, -0.2) is 0 Å². The summed E-state index contributed by atoms with van der Waals surface area (Å²) >= 11 is 1.24. The van der Waals surface area contributed by atoms with E-state index in [1.807, 2.05) is 73.6 Å². The smallest absolute Gasteiger partial charge is 0.297 e. The lowest BCUT2D eigenvalue weighted by atomic mass is 9.87. The maximum absolute atomic E-state index is 12.9. The van der Waals surface area contributed by atoms with Gasteiger partial charge in [-0.05, 0) is 58.8 Å². The summed E-state index contributed by atoms with van der Waals surface area (Å²) in [5.74, 6) is 0.710. The molecule has 1 heterocycles. The fraction of sp³-hybridized carbons (Fsp3) is 0.250. The van der Waals surface area contributed by atoms with Crippen molar-refractivity contribution in [2.45, 2.75) is 37.7 Å². The minimum Gasteiger partial charge on any atom is -0.488 e. The molecule has 3 aromatic carbocycles. The van der Waals surface area contributed by atoms with Crippen molar-refractivity contribution in [3.05, 3.63) is 89.7 Å². The Kier molecular flexibility index (Phi) is 6.89. The van der Waals surface area contributed by atoms with E-state index < -0.39 is 0 Å². The van der Waals surface area contributed by atoms with Crippen LogP contribution in [0.4, 0.5) is 5.69 Å². The lowest BCUT2D eigenvalue weighted by Gasteiger charge is -2.21. The number of nitrogens with zero attached hydrogens (tertiary/aromatic N) is 1. The second kappa shape index (κ2) is 9.85. The molecule has 0 aliphatic heterocycles. The van der Waals surface area contributed by atoms with Crippen LogP contribution in [0.15, 0.2) is 82.1 Å². The van der Waals surface area contributed by atoms with Crippen molar-refractivity contribution in [3.63, 3.8) is 0 Å². The summed E-state index contributed by atoms with van der Waals surface area (Å²) in [6, 6.07) is 23.8. The van der Waals surface area contributed by atoms with Crippen LogP contribution in [0, 0.1) is 0 Å². The predicted octanol–water partition coefficient (Wildman–Crippen LogP) is 6.81. The van der Waals surface area contributed by atoms with Gasteiger partial charge in [0.05, 0.1) is 4.90 Å². The van der Waals surface area contributed by atoms with Gasteiger partial charge in [-0.15, -0.1) is 0 Å². The number of hydrogen-bond acceptors (Lipinski definition) is 5. The van der Waals surface area contributed by atoms with Crippen LogP contribution in [0.25, 0.3) is 11.0 Å². The van der Waals surface area contributed by atoms with Crippen molar-refractivity contribution in [2.24, 2.45) is 0 Å². The third kappa shape index (κ3) is 5.57. The Morgan fingerprint density at radius 1 is 1.00 bits per heavy atom. The lowest BCUT2D eigenvalue weighted by molar-refractivity contribution is 0.0959. The summed E-state index contributed by atoms with van der Waals surface area (Å²) in [6.07, 6.45) is 0. The van der Waals surface area contributed by atoms with Crippen LogP contribution in [0.3, 0.4) is 0 Å². The number of rotatable bonds is 7. The van der Waals surface area contributed by atoms with E-state index in [9.17, 15) is 4.79 Å². The topological polar surface area (TPSA) is 54.7 Å². The molecule has 0 atom stereocenters. The first-order valence-corrected chi connectivity index (χ1v) is 12.0. The summed E-state index contributed by atoms with van der Waals surface area (Å²) in [7, 11) is 3.94. The second-order valence-electron chi connectivity index (χ2n) is 9.45. The van der Waals surface area contributed by atoms with Crippen molar-refractivity contribution >= 4 is 34.5 Å². The Balaban J connectivity index is 1.53. The third-order valence-corrected chi connectivity index (χ3v) is 6.37. The molecule has 1 N–H and O–H groups in total. The molecule has 0 saturated heterocycles. The molecule has 1 aromatic heterocycles. The third-order valence-electron chi connectivity index (χ3n) is 5.54. The van der Waals surface area contributed by atoms with Crippen LogP contribution in [0.5, 0.6) is 5.75 Å². The predicted molar refractivity (Wildman–Crippen MR) is 140 cm³/mol. The van der Waals surface area contributed by atoms with Gasteiger partial charge in [-0.1, -0.05) is 57.2 Å². The Bertz CT molecular complexity index is 1290. The Morgan fingerprint density at radius 3 is 2.47 bits per heavy atom. The Hall–Kier alpha value is -3.38. The second-order valence-corrected chi connectivity index (χ2v) is 10.3. The fourth-order valence-corrected chi connectivity index (χ4v) is 4.19. The first-order valence-electron chi connectivity index (χ1n) is 11.2. The average Bonchev–Trinajstić information content (AvgIpc) is 3.25. The van der Waals surface area contributed by atoms with Crippen LogP contribution >= 0.6 is 11.9 Å². The highest BCUT2D eigenvalue weighted by molar-refractivity contribution is 7.98. The number of nitrogens with one attached hydrogen (secondary N) is 1. The minimum absolute atomic E-state index is 0.0276. The molecule has 0 unspecified atom stereocenters. The molecule has 6 heteroatoms. The molecule has 34 heavy (non-hydrogen) atoms. The molecule has 0 spiro atoms. The zero-order chi connectivity index (χ0) is 24.3. The minimum atomic E-state index is -0.289. The largest absolute Gasteiger partial charge is 0.488 e. The number of carbonyl (C=O) groups is 1. The Labute approximate surface area is 205 Å². The molecule has 0 aliphatic carbocycles. The molecule has 0 saturated carbocycles. The van der Waals surface area contributed by atoms with Crippen LogP contribution < -0.4 is 14.4 Å². The van der Waals surface area contributed by atoms with Crippen LogP contribution in [-0.4, -0.2) is 20.0 Å². The first kappa shape index (κ1) is 23.8. The number of ether oxygens (including phenoxy) is 1. The standard InChI is InChI=1S/C28H30N2O3S/c1-28(2,3)21-12-14-23(32-18-19-9-7-6-8-10-19)26(16-21)34-29-27(31)25-15-20-11-13-22(30(4)5)17-24(20)33-25/h6-17H,18H2,1-5H3,(H,29,31). The SMILES string of the molecule is CN(C)c1ccc2cc(C(=O)NSc3cc(C(C)(C)C)ccc3OCc3ccccc3)oc2c1. The van der Waals surface area contributed by atoms with Crippen molar-refractivity contribution in [1.29, 1.82) is 0 Å². The summed E-state index contributed by atoms with van der Waals surface area (Å²) in [6.45, 7) is 6.94. The molecular formula is C28H30N2O3S. The van der Waals surface area contributed by atoms with Gasteiger partial charge in [0.15, 0.2) is 5.76 Å². The molecule has 4 aromatic rings. The molecule has 0 radical (unpaired) electrons. The van der Waals surface area contributed by atoms with E-state index in [1.165, 1.54) is 11.9 Å². The van der Waals surface area contributed by atoms with Gasteiger partial charge in [0.25, 0.3) is 5.91 Å². The lowest BCUT2D eigenvalue weighted by Crippen LogP contribution is -2.16. The molecule has 0 fully saturated rings. The summed E-state index contributed by atoms with van der Waals surface area (Å²) in [5.41, 5.74) is 3.92. The van der Waals surface area contributed by atoms with Gasteiger partial charge in [0.1, 0.15) is 17.9 Å². The van der Waals surface area contributed by atoms with Crippen LogP contribution in [0.2, 0.25) is 0 Å². The number of carbonyl (C=O) groups excluding carboxylic acids is 1. The van der Waals surface area contributed by atoms with Gasteiger partial charge < -0.3 is 14.1 Å². The monoisotopic (exact) mass is 474 g/mol. The van der Waals surface area contributed by atoms with E-state index in [0.29, 0.717) is 12.2 Å².